The van der Waals surface area contributed by atoms with Crippen molar-refractivity contribution in [3.05, 3.63) is 89.2 Å². The fourth-order valence-electron chi connectivity index (χ4n) is 3.33. The number of Topliss-reactive ketones (excluding diaryl/α,β-unsaturated/α-hetero) is 1. The number of nitriles is 1. The van der Waals surface area contributed by atoms with Crippen LogP contribution < -0.4 is 5.32 Å². The maximum absolute atomic E-state index is 13.6. The summed E-state index contributed by atoms with van der Waals surface area (Å²) < 4.78 is 40.9. The highest BCUT2D eigenvalue weighted by Gasteiger charge is 2.36. The average molecular weight is 451 g/mol. The molecule has 1 N–H and O–H groups in total. The number of ketones is 1. The first-order valence-corrected chi connectivity index (χ1v) is 10.1. The van der Waals surface area contributed by atoms with E-state index in [4.69, 9.17) is 5.26 Å². The van der Waals surface area contributed by atoms with Gasteiger partial charge in [-0.05, 0) is 41.8 Å². The molecule has 1 amide bonds. The van der Waals surface area contributed by atoms with Crippen LogP contribution in [0.25, 0.3) is 11.1 Å². The van der Waals surface area contributed by atoms with Crippen LogP contribution in [0, 0.1) is 17.2 Å². The molecule has 0 saturated carbocycles. The molecule has 0 aliphatic heterocycles. The van der Waals surface area contributed by atoms with E-state index in [0.29, 0.717) is 16.7 Å². The molecule has 5 nitrogen and oxygen atoms in total. The number of alkyl halides is 3. The van der Waals surface area contributed by atoms with Crippen LogP contribution in [0.5, 0.6) is 0 Å². The number of benzene rings is 2. The van der Waals surface area contributed by atoms with Crippen LogP contribution in [-0.4, -0.2) is 22.7 Å². The Morgan fingerprint density at radius 3 is 2.27 bits per heavy atom. The number of aromatic nitrogens is 1. The SMILES string of the molecule is CC(C)C(NC(=O)c1cc(-c2cccnc2)ccc1C(F)(F)F)C(=O)c1ccc(C#N)cc1. The third kappa shape index (κ3) is 5.44. The molecule has 1 aromatic heterocycles. The summed E-state index contributed by atoms with van der Waals surface area (Å²) in [5, 5.41) is 11.4. The number of halogens is 3. The molecule has 0 aliphatic carbocycles. The fourth-order valence-corrected chi connectivity index (χ4v) is 3.33. The second-order valence-electron chi connectivity index (χ2n) is 7.75. The third-order valence-corrected chi connectivity index (χ3v) is 5.10. The number of pyridine rings is 1. The molecule has 0 saturated heterocycles. The largest absolute Gasteiger partial charge is 0.417 e. The second-order valence-corrected chi connectivity index (χ2v) is 7.75. The molecular weight excluding hydrogens is 431 g/mol. The predicted molar refractivity (Wildman–Crippen MR) is 116 cm³/mol. The first-order chi connectivity index (χ1) is 15.6. The van der Waals surface area contributed by atoms with Gasteiger partial charge in [-0.25, -0.2) is 0 Å². The van der Waals surface area contributed by atoms with Crippen LogP contribution in [0.1, 0.15) is 45.7 Å². The van der Waals surface area contributed by atoms with Crippen LogP contribution in [0.3, 0.4) is 0 Å². The molecule has 3 rings (SSSR count). The summed E-state index contributed by atoms with van der Waals surface area (Å²) >= 11 is 0. The fraction of sp³-hybridized carbons (Fsp3) is 0.200. The lowest BCUT2D eigenvalue weighted by Crippen LogP contribution is -2.45. The number of hydrogen-bond donors (Lipinski definition) is 1. The molecule has 2 aromatic carbocycles. The van der Waals surface area contributed by atoms with Crippen molar-refractivity contribution in [2.45, 2.75) is 26.1 Å². The van der Waals surface area contributed by atoms with Gasteiger partial charge in [0.05, 0.1) is 28.8 Å². The number of nitrogens with zero attached hydrogens (tertiary/aromatic N) is 2. The van der Waals surface area contributed by atoms with E-state index in [9.17, 15) is 22.8 Å². The lowest BCUT2D eigenvalue weighted by Gasteiger charge is -2.23. The zero-order valence-electron chi connectivity index (χ0n) is 17.9. The normalized spacial score (nSPS) is 12.2. The highest BCUT2D eigenvalue weighted by atomic mass is 19.4. The van der Waals surface area contributed by atoms with Crippen molar-refractivity contribution in [1.29, 1.82) is 5.26 Å². The van der Waals surface area contributed by atoms with Crippen LogP contribution in [0.4, 0.5) is 13.2 Å². The molecule has 8 heteroatoms. The van der Waals surface area contributed by atoms with Crippen molar-refractivity contribution >= 4 is 11.7 Å². The van der Waals surface area contributed by atoms with E-state index in [0.717, 1.165) is 12.1 Å². The topological polar surface area (TPSA) is 82.8 Å². The molecule has 3 aromatic rings. The minimum Gasteiger partial charge on any atom is -0.342 e. The Morgan fingerprint density at radius 1 is 1.03 bits per heavy atom. The van der Waals surface area contributed by atoms with Gasteiger partial charge in [-0.15, -0.1) is 0 Å². The van der Waals surface area contributed by atoms with E-state index in [1.807, 2.05) is 6.07 Å². The quantitative estimate of drug-likeness (QED) is 0.517. The Hall–Kier alpha value is -3.99. The Balaban J connectivity index is 1.97. The van der Waals surface area contributed by atoms with E-state index in [2.05, 4.69) is 10.3 Å². The molecule has 33 heavy (non-hydrogen) atoms. The molecule has 0 aliphatic rings. The lowest BCUT2D eigenvalue weighted by molar-refractivity contribution is -0.137. The van der Waals surface area contributed by atoms with Crippen molar-refractivity contribution in [2.75, 3.05) is 0 Å². The van der Waals surface area contributed by atoms with Gasteiger partial charge >= 0.3 is 6.18 Å². The smallest absolute Gasteiger partial charge is 0.342 e. The summed E-state index contributed by atoms with van der Waals surface area (Å²) in [6.07, 6.45) is -1.75. The highest BCUT2D eigenvalue weighted by molar-refractivity contribution is 6.05. The molecule has 1 heterocycles. The molecule has 0 spiro atoms. The maximum atomic E-state index is 13.6. The summed E-state index contributed by atoms with van der Waals surface area (Å²) in [4.78, 5) is 30.0. The number of rotatable bonds is 6. The monoisotopic (exact) mass is 451 g/mol. The minimum absolute atomic E-state index is 0.244. The molecule has 0 bridgehead atoms. The first-order valence-electron chi connectivity index (χ1n) is 10.1. The summed E-state index contributed by atoms with van der Waals surface area (Å²) in [7, 11) is 0. The standard InChI is InChI=1S/C25H20F3N3O2/c1-15(2)22(23(32)17-7-5-16(13-29)6-8-17)31-24(33)20-12-18(19-4-3-11-30-14-19)9-10-21(20)25(26,27)28/h3-12,14-15,22H,1-2H3,(H,31,33). The Labute approximate surface area is 188 Å². The van der Waals surface area contributed by atoms with Crippen LogP contribution in [0.2, 0.25) is 0 Å². The maximum Gasteiger partial charge on any atom is 0.417 e. The van der Waals surface area contributed by atoms with Crippen molar-refractivity contribution in [2.24, 2.45) is 5.92 Å². The molecule has 1 unspecified atom stereocenters. The van der Waals surface area contributed by atoms with Gasteiger partial charge in [-0.3, -0.25) is 14.6 Å². The highest BCUT2D eigenvalue weighted by Crippen LogP contribution is 2.34. The minimum atomic E-state index is -4.76. The number of hydrogen-bond acceptors (Lipinski definition) is 4. The van der Waals surface area contributed by atoms with Crippen LogP contribution in [-0.2, 0) is 6.18 Å². The van der Waals surface area contributed by atoms with Crippen molar-refractivity contribution in [3.63, 3.8) is 0 Å². The molecule has 0 fully saturated rings. The zero-order valence-corrected chi connectivity index (χ0v) is 17.9. The predicted octanol–water partition coefficient (Wildman–Crippen LogP) is 5.28. The van der Waals surface area contributed by atoms with Gasteiger partial charge in [-0.2, -0.15) is 18.4 Å². The van der Waals surface area contributed by atoms with E-state index in [1.54, 1.807) is 26.0 Å². The lowest BCUT2D eigenvalue weighted by atomic mass is 9.93. The van der Waals surface area contributed by atoms with Crippen molar-refractivity contribution in [3.8, 4) is 17.2 Å². The van der Waals surface area contributed by atoms with Gasteiger partial charge in [0, 0.05) is 23.5 Å². The number of nitrogens with one attached hydrogen (secondary N) is 1. The Morgan fingerprint density at radius 2 is 1.73 bits per heavy atom. The van der Waals surface area contributed by atoms with Gasteiger partial charge in [0.2, 0.25) is 0 Å². The Bertz CT molecular complexity index is 1200. The van der Waals surface area contributed by atoms with E-state index >= 15 is 0 Å². The molecule has 168 valence electrons. The third-order valence-electron chi connectivity index (χ3n) is 5.10. The van der Waals surface area contributed by atoms with Crippen LogP contribution in [0.15, 0.2) is 67.0 Å². The van der Waals surface area contributed by atoms with E-state index < -0.39 is 41.0 Å². The van der Waals surface area contributed by atoms with Gasteiger partial charge < -0.3 is 5.32 Å². The zero-order chi connectivity index (χ0) is 24.2. The summed E-state index contributed by atoms with van der Waals surface area (Å²) in [5.41, 5.74) is -0.134. The van der Waals surface area contributed by atoms with Crippen molar-refractivity contribution in [1.82, 2.24) is 10.3 Å². The number of carbonyl (C=O) groups excluding carboxylic acids is 2. The van der Waals surface area contributed by atoms with Gasteiger partial charge in [-0.1, -0.05) is 38.1 Å². The summed E-state index contributed by atoms with van der Waals surface area (Å²) in [6, 6.07) is 13.3. The average Bonchev–Trinajstić information content (AvgIpc) is 2.81. The van der Waals surface area contributed by atoms with Gasteiger partial charge in [0.25, 0.3) is 5.91 Å². The van der Waals surface area contributed by atoms with E-state index in [1.165, 1.54) is 42.7 Å². The summed E-state index contributed by atoms with van der Waals surface area (Å²) in [6.45, 7) is 3.37. The van der Waals surface area contributed by atoms with Crippen LogP contribution >= 0.6 is 0 Å². The molecule has 1 atom stereocenters. The summed E-state index contributed by atoms with van der Waals surface area (Å²) in [5.74, 6) is -1.86. The molecular formula is C25H20F3N3O2. The van der Waals surface area contributed by atoms with Gasteiger partial charge in [0.15, 0.2) is 5.78 Å². The first kappa shape index (κ1) is 23.7. The number of carbonyl (C=O) groups is 2. The van der Waals surface area contributed by atoms with Gasteiger partial charge in [0.1, 0.15) is 0 Å². The molecule has 0 radical (unpaired) electrons. The second kappa shape index (κ2) is 9.65. The number of amides is 1. The Kier molecular flexibility index (Phi) is 6.92. The van der Waals surface area contributed by atoms with Crippen molar-refractivity contribution < 1.29 is 22.8 Å². The van der Waals surface area contributed by atoms with E-state index in [-0.39, 0.29) is 5.56 Å².